The highest BCUT2D eigenvalue weighted by atomic mass is 16.5. The van der Waals surface area contributed by atoms with Crippen molar-refractivity contribution in [2.45, 2.75) is 32.6 Å². The van der Waals surface area contributed by atoms with Crippen molar-refractivity contribution in [1.82, 2.24) is 5.32 Å². The number of ether oxygens (including phenoxy) is 1. The average Bonchev–Trinajstić information content (AvgIpc) is 2.35. The Morgan fingerprint density at radius 3 is 3.00 bits per heavy atom. The Morgan fingerprint density at radius 2 is 2.12 bits per heavy atom. The Morgan fingerprint density at radius 1 is 1.25 bits per heavy atom. The van der Waals surface area contributed by atoms with E-state index in [0.717, 1.165) is 25.4 Å². The molecule has 2 nitrogen and oxygen atoms in total. The van der Waals surface area contributed by atoms with E-state index in [-0.39, 0.29) is 0 Å². The molecule has 2 rings (SSSR count). The summed E-state index contributed by atoms with van der Waals surface area (Å²) in [6.07, 6.45) is 5.04. The second-order valence-electron chi connectivity index (χ2n) is 4.30. The highest BCUT2D eigenvalue weighted by molar-refractivity contribution is 5.41. The Balaban J connectivity index is 1.97. The van der Waals surface area contributed by atoms with Crippen LogP contribution in [0.25, 0.3) is 0 Å². The SMILES string of the molecule is CCNCCOc1cccc2c1CCCC2. The van der Waals surface area contributed by atoms with E-state index in [9.17, 15) is 0 Å². The van der Waals surface area contributed by atoms with Gasteiger partial charge in [-0.05, 0) is 49.4 Å². The summed E-state index contributed by atoms with van der Waals surface area (Å²) in [5.74, 6) is 1.11. The number of aryl methyl sites for hydroxylation is 1. The maximum Gasteiger partial charge on any atom is 0.122 e. The first kappa shape index (κ1) is 11.5. The molecule has 1 aliphatic rings. The first-order valence-corrected chi connectivity index (χ1v) is 6.36. The molecule has 1 aromatic carbocycles. The number of hydrogen-bond donors (Lipinski definition) is 1. The minimum absolute atomic E-state index is 0.768. The smallest absolute Gasteiger partial charge is 0.122 e. The normalized spacial score (nSPS) is 14.6. The summed E-state index contributed by atoms with van der Waals surface area (Å²) >= 11 is 0. The first-order valence-electron chi connectivity index (χ1n) is 6.36. The monoisotopic (exact) mass is 219 g/mol. The largest absolute Gasteiger partial charge is 0.492 e. The fourth-order valence-electron chi connectivity index (χ4n) is 2.29. The van der Waals surface area contributed by atoms with Crippen molar-refractivity contribution in [2.24, 2.45) is 0 Å². The van der Waals surface area contributed by atoms with E-state index >= 15 is 0 Å². The van der Waals surface area contributed by atoms with Crippen molar-refractivity contribution < 1.29 is 4.74 Å². The molecule has 0 saturated heterocycles. The van der Waals surface area contributed by atoms with E-state index < -0.39 is 0 Å². The number of hydrogen-bond acceptors (Lipinski definition) is 2. The van der Waals surface area contributed by atoms with E-state index in [1.807, 2.05) is 0 Å². The molecule has 0 saturated carbocycles. The zero-order chi connectivity index (χ0) is 11.2. The van der Waals surface area contributed by atoms with Crippen LogP contribution in [-0.2, 0) is 12.8 Å². The van der Waals surface area contributed by atoms with Gasteiger partial charge in [-0.15, -0.1) is 0 Å². The lowest BCUT2D eigenvalue weighted by molar-refractivity contribution is 0.311. The molecule has 0 spiro atoms. The molecule has 0 bridgehead atoms. The lowest BCUT2D eigenvalue weighted by Crippen LogP contribution is -2.20. The maximum atomic E-state index is 5.84. The minimum atomic E-state index is 0.768. The van der Waals surface area contributed by atoms with Crippen LogP contribution in [-0.4, -0.2) is 19.7 Å². The first-order chi connectivity index (χ1) is 7.92. The van der Waals surface area contributed by atoms with E-state index in [2.05, 4.69) is 30.4 Å². The third-order valence-electron chi connectivity index (χ3n) is 3.14. The summed E-state index contributed by atoms with van der Waals surface area (Å²) in [5.41, 5.74) is 2.94. The van der Waals surface area contributed by atoms with E-state index in [0.29, 0.717) is 0 Å². The molecular formula is C14H21NO. The molecule has 1 N–H and O–H groups in total. The van der Waals surface area contributed by atoms with Crippen LogP contribution in [0.3, 0.4) is 0 Å². The van der Waals surface area contributed by atoms with Crippen LogP contribution in [0.5, 0.6) is 5.75 Å². The molecule has 1 aromatic rings. The van der Waals surface area contributed by atoms with Crippen LogP contribution in [0.4, 0.5) is 0 Å². The van der Waals surface area contributed by atoms with Crippen LogP contribution in [0.2, 0.25) is 0 Å². The zero-order valence-corrected chi connectivity index (χ0v) is 10.1. The predicted molar refractivity (Wildman–Crippen MR) is 67.1 cm³/mol. The van der Waals surface area contributed by atoms with Gasteiger partial charge in [-0.1, -0.05) is 19.1 Å². The molecule has 1 aliphatic carbocycles. The quantitative estimate of drug-likeness (QED) is 0.768. The van der Waals surface area contributed by atoms with Crippen molar-refractivity contribution in [2.75, 3.05) is 19.7 Å². The van der Waals surface area contributed by atoms with Crippen molar-refractivity contribution in [1.29, 1.82) is 0 Å². The molecule has 16 heavy (non-hydrogen) atoms. The Labute approximate surface area is 98.0 Å². The summed E-state index contributed by atoms with van der Waals surface area (Å²) in [6.45, 7) is 4.82. The molecule has 0 heterocycles. The van der Waals surface area contributed by atoms with Gasteiger partial charge >= 0.3 is 0 Å². The molecule has 0 fully saturated rings. The summed E-state index contributed by atoms with van der Waals surface area (Å²) < 4.78 is 5.84. The average molecular weight is 219 g/mol. The molecule has 0 atom stereocenters. The van der Waals surface area contributed by atoms with Gasteiger partial charge in [-0.25, -0.2) is 0 Å². The second kappa shape index (κ2) is 5.90. The molecule has 0 radical (unpaired) electrons. The Bertz CT molecular complexity index is 336. The highest BCUT2D eigenvalue weighted by Gasteiger charge is 2.13. The highest BCUT2D eigenvalue weighted by Crippen LogP contribution is 2.29. The van der Waals surface area contributed by atoms with Crippen molar-refractivity contribution >= 4 is 0 Å². The Kier molecular flexibility index (Phi) is 4.23. The van der Waals surface area contributed by atoms with E-state index in [1.54, 1.807) is 0 Å². The summed E-state index contributed by atoms with van der Waals surface area (Å²) in [6, 6.07) is 6.47. The zero-order valence-electron chi connectivity index (χ0n) is 10.1. The van der Waals surface area contributed by atoms with Gasteiger partial charge < -0.3 is 10.1 Å². The van der Waals surface area contributed by atoms with E-state index in [1.165, 1.54) is 36.8 Å². The molecule has 0 unspecified atom stereocenters. The summed E-state index contributed by atoms with van der Waals surface area (Å²) in [4.78, 5) is 0. The van der Waals surface area contributed by atoms with E-state index in [4.69, 9.17) is 4.74 Å². The lowest BCUT2D eigenvalue weighted by Gasteiger charge is -2.19. The van der Waals surface area contributed by atoms with Crippen LogP contribution < -0.4 is 10.1 Å². The minimum Gasteiger partial charge on any atom is -0.492 e. The van der Waals surface area contributed by atoms with Crippen molar-refractivity contribution in [3.05, 3.63) is 29.3 Å². The number of likely N-dealkylation sites (N-methyl/N-ethyl adjacent to an activating group) is 1. The summed E-state index contributed by atoms with van der Waals surface area (Å²) in [7, 11) is 0. The number of nitrogens with one attached hydrogen (secondary N) is 1. The molecular weight excluding hydrogens is 198 g/mol. The van der Waals surface area contributed by atoms with Crippen LogP contribution in [0, 0.1) is 0 Å². The molecule has 0 aliphatic heterocycles. The molecule has 2 heteroatoms. The molecule has 88 valence electrons. The fraction of sp³-hybridized carbons (Fsp3) is 0.571. The van der Waals surface area contributed by atoms with Gasteiger partial charge in [0.25, 0.3) is 0 Å². The standard InChI is InChI=1S/C14H21NO/c1-2-15-10-11-16-14-9-5-7-12-6-3-4-8-13(12)14/h5,7,9,15H,2-4,6,8,10-11H2,1H3. The topological polar surface area (TPSA) is 21.3 Å². The van der Waals surface area contributed by atoms with Gasteiger partial charge in [0.2, 0.25) is 0 Å². The summed E-state index contributed by atoms with van der Waals surface area (Å²) in [5, 5.41) is 3.27. The third kappa shape index (κ3) is 2.76. The molecule has 0 aromatic heterocycles. The van der Waals surface area contributed by atoms with Gasteiger partial charge in [0.15, 0.2) is 0 Å². The van der Waals surface area contributed by atoms with Crippen LogP contribution in [0.1, 0.15) is 30.9 Å². The van der Waals surface area contributed by atoms with Crippen LogP contribution in [0.15, 0.2) is 18.2 Å². The van der Waals surface area contributed by atoms with Gasteiger partial charge in [0.1, 0.15) is 12.4 Å². The van der Waals surface area contributed by atoms with Crippen molar-refractivity contribution in [3.63, 3.8) is 0 Å². The number of rotatable bonds is 5. The predicted octanol–water partition coefficient (Wildman–Crippen LogP) is 2.55. The Hall–Kier alpha value is -1.02. The maximum absolute atomic E-state index is 5.84. The fourth-order valence-corrected chi connectivity index (χ4v) is 2.29. The number of benzene rings is 1. The van der Waals surface area contributed by atoms with Gasteiger partial charge in [0.05, 0.1) is 0 Å². The van der Waals surface area contributed by atoms with Gasteiger partial charge in [0, 0.05) is 6.54 Å². The molecule has 0 amide bonds. The van der Waals surface area contributed by atoms with Gasteiger partial charge in [-0.2, -0.15) is 0 Å². The van der Waals surface area contributed by atoms with Crippen molar-refractivity contribution in [3.8, 4) is 5.75 Å². The third-order valence-corrected chi connectivity index (χ3v) is 3.14. The number of fused-ring (bicyclic) bond motifs is 1. The second-order valence-corrected chi connectivity index (χ2v) is 4.30. The lowest BCUT2D eigenvalue weighted by atomic mass is 9.91. The van der Waals surface area contributed by atoms with Gasteiger partial charge in [-0.3, -0.25) is 0 Å². The van der Waals surface area contributed by atoms with Crippen LogP contribution >= 0.6 is 0 Å².